The van der Waals surface area contributed by atoms with Gasteiger partial charge in [0.2, 0.25) is 11.8 Å². The molecule has 0 radical (unpaired) electrons. The highest BCUT2D eigenvalue weighted by Crippen LogP contribution is 2.34. The fourth-order valence-corrected chi connectivity index (χ4v) is 4.36. The van der Waals surface area contributed by atoms with Crippen LogP contribution < -0.4 is 16.4 Å². The zero-order chi connectivity index (χ0) is 31.2. The van der Waals surface area contributed by atoms with Crippen LogP contribution in [0.5, 0.6) is 0 Å². The number of aliphatic hydroxyl groups is 6. The first-order valence-corrected chi connectivity index (χ1v) is 12.4. The first-order chi connectivity index (χ1) is 19.0. The molecule has 19 nitrogen and oxygen atoms in total. The molecule has 9 unspecified atom stereocenters. The fraction of sp³-hybridized carbons (Fsp3) is 0.818. The molecule has 19 heteroatoms. The summed E-state index contributed by atoms with van der Waals surface area (Å²) in [6, 6.07) is -4.40. The van der Waals surface area contributed by atoms with Crippen molar-refractivity contribution in [2.24, 2.45) is 5.73 Å². The van der Waals surface area contributed by atoms with Crippen molar-refractivity contribution >= 4 is 23.8 Å². The number of aliphatic carboxylic acids is 2. The first-order valence-electron chi connectivity index (χ1n) is 12.4. The molecule has 0 aliphatic carbocycles. The average Bonchev–Trinajstić information content (AvgIpc) is 2.89. The molecule has 0 aromatic rings. The van der Waals surface area contributed by atoms with Crippen molar-refractivity contribution in [3.8, 4) is 0 Å². The van der Waals surface area contributed by atoms with E-state index >= 15 is 0 Å². The summed E-state index contributed by atoms with van der Waals surface area (Å²) in [7, 11) is 0. The molecule has 0 aromatic carbocycles. The molecule has 2 heterocycles. The van der Waals surface area contributed by atoms with E-state index in [1.165, 1.54) is 0 Å². The predicted octanol–water partition coefficient (Wildman–Crippen LogP) is -6.47. The highest BCUT2D eigenvalue weighted by molar-refractivity contribution is 5.76. The highest BCUT2D eigenvalue weighted by atomic mass is 16.7. The third kappa shape index (κ3) is 8.49. The number of carboxylic acid groups (broad SMARTS) is 2. The molecule has 236 valence electrons. The Bertz CT molecular complexity index is 941. The van der Waals surface area contributed by atoms with E-state index in [4.69, 9.17) is 29.8 Å². The van der Waals surface area contributed by atoms with Gasteiger partial charge in [-0.15, -0.1) is 0 Å². The maximum atomic E-state index is 12.3. The average molecular weight is 600 g/mol. The van der Waals surface area contributed by atoms with Crippen LogP contribution in [0.4, 0.5) is 0 Å². The molecule has 0 spiro atoms. The van der Waals surface area contributed by atoms with E-state index < -0.39 is 123 Å². The minimum atomic E-state index is -2.78. The number of hydrogen-bond acceptors (Lipinski definition) is 15. The normalized spacial score (nSPS) is 36.0. The van der Waals surface area contributed by atoms with Gasteiger partial charge in [-0.3, -0.25) is 14.4 Å². The number of ether oxygens (including phenoxy) is 4. The van der Waals surface area contributed by atoms with Crippen molar-refractivity contribution in [1.82, 2.24) is 10.6 Å². The second-order valence-electron chi connectivity index (χ2n) is 9.72. The van der Waals surface area contributed by atoms with Gasteiger partial charge in [-0.25, -0.2) is 4.79 Å². The Kier molecular flexibility index (Phi) is 12.3. The number of rotatable bonds is 13. The number of hydrogen-bond donors (Lipinski definition) is 11. The maximum Gasteiger partial charge on any atom is 0.364 e. The van der Waals surface area contributed by atoms with Crippen molar-refractivity contribution in [1.29, 1.82) is 0 Å². The van der Waals surface area contributed by atoms with Crippen molar-refractivity contribution < 1.29 is 79.0 Å². The van der Waals surface area contributed by atoms with Crippen LogP contribution in [-0.4, -0.2) is 157 Å². The Hall–Kier alpha value is -2.56. The number of nitrogens with one attached hydrogen (secondary N) is 2. The van der Waals surface area contributed by atoms with E-state index in [1.54, 1.807) is 0 Å². The summed E-state index contributed by atoms with van der Waals surface area (Å²) in [6.45, 7) is -0.378. The lowest BCUT2D eigenvalue weighted by Gasteiger charge is -2.47. The number of nitrogens with two attached hydrogens (primary N) is 1. The van der Waals surface area contributed by atoms with Crippen LogP contribution in [0.3, 0.4) is 0 Å². The Morgan fingerprint density at radius 2 is 1.61 bits per heavy atom. The molecule has 0 bridgehead atoms. The molecule has 2 rings (SSSR count). The molecule has 2 saturated heterocycles. The van der Waals surface area contributed by atoms with Gasteiger partial charge in [0.15, 0.2) is 6.29 Å². The van der Waals surface area contributed by atoms with E-state index in [0.717, 1.165) is 13.8 Å². The summed E-state index contributed by atoms with van der Waals surface area (Å²) < 4.78 is 21.8. The van der Waals surface area contributed by atoms with Gasteiger partial charge in [-0.2, -0.15) is 0 Å². The zero-order valence-electron chi connectivity index (χ0n) is 22.1. The first kappa shape index (κ1) is 34.6. The Morgan fingerprint density at radius 3 is 2.12 bits per heavy atom. The number of amides is 2. The monoisotopic (exact) mass is 599 g/mol. The SMILES string of the molecule is CC(=O)NC1C(OC[C@@H](N)C(=O)O)OC(COC2(C(=O)O)CC(O)C(NC(C)=O)C([C@@H](O)[C@@H](O)CO)O2)C(O)C1O. The number of aliphatic hydroxyl groups excluding tert-OH is 6. The minimum Gasteiger partial charge on any atom is -0.480 e. The van der Waals surface area contributed by atoms with E-state index in [0.29, 0.717) is 0 Å². The number of carboxylic acids is 2. The smallest absolute Gasteiger partial charge is 0.364 e. The molecule has 0 saturated carbocycles. The molecule has 41 heavy (non-hydrogen) atoms. The molecule has 12 atom stereocenters. The quantitative estimate of drug-likeness (QED) is 0.0937. The second kappa shape index (κ2) is 14.6. The summed E-state index contributed by atoms with van der Waals surface area (Å²) in [6.07, 6.45) is -15.2. The number of carbonyl (C=O) groups is 4. The largest absolute Gasteiger partial charge is 0.480 e. The van der Waals surface area contributed by atoms with Gasteiger partial charge < -0.3 is 76.2 Å². The zero-order valence-corrected chi connectivity index (χ0v) is 22.1. The van der Waals surface area contributed by atoms with Gasteiger partial charge in [-0.05, 0) is 0 Å². The van der Waals surface area contributed by atoms with Crippen LogP contribution in [0.25, 0.3) is 0 Å². The Labute approximate surface area is 232 Å². The molecule has 2 aliphatic rings. The van der Waals surface area contributed by atoms with Crippen molar-refractivity contribution in [2.45, 2.75) is 93.2 Å². The fourth-order valence-electron chi connectivity index (χ4n) is 4.36. The topological polar surface area (TPSA) is 317 Å². The van der Waals surface area contributed by atoms with Gasteiger partial charge in [0, 0.05) is 20.3 Å². The van der Waals surface area contributed by atoms with Crippen LogP contribution in [-0.2, 0) is 38.1 Å². The Morgan fingerprint density at radius 1 is 1.02 bits per heavy atom. The van der Waals surface area contributed by atoms with Gasteiger partial charge in [0.05, 0.1) is 32.0 Å². The van der Waals surface area contributed by atoms with E-state index in [1.807, 2.05) is 0 Å². The lowest BCUT2D eigenvalue weighted by atomic mass is 9.88. The van der Waals surface area contributed by atoms with E-state index in [2.05, 4.69) is 10.6 Å². The van der Waals surface area contributed by atoms with Gasteiger partial charge in [0.25, 0.3) is 5.79 Å². The summed E-state index contributed by atoms with van der Waals surface area (Å²) in [5.74, 6) is -7.43. The van der Waals surface area contributed by atoms with Crippen LogP contribution in [0.1, 0.15) is 20.3 Å². The van der Waals surface area contributed by atoms with Gasteiger partial charge >= 0.3 is 11.9 Å². The number of carbonyl (C=O) groups excluding carboxylic acids is 2. The molecule has 2 amide bonds. The molecular weight excluding hydrogens is 562 g/mol. The molecule has 2 aliphatic heterocycles. The van der Waals surface area contributed by atoms with E-state index in [9.17, 15) is 54.9 Å². The summed E-state index contributed by atoms with van der Waals surface area (Å²) >= 11 is 0. The van der Waals surface area contributed by atoms with Crippen molar-refractivity contribution in [2.75, 3.05) is 19.8 Å². The van der Waals surface area contributed by atoms with Crippen LogP contribution in [0.2, 0.25) is 0 Å². The third-order valence-electron chi connectivity index (χ3n) is 6.50. The van der Waals surface area contributed by atoms with Crippen molar-refractivity contribution in [3.63, 3.8) is 0 Å². The highest BCUT2D eigenvalue weighted by Gasteiger charge is 2.57. The third-order valence-corrected chi connectivity index (χ3v) is 6.50. The summed E-state index contributed by atoms with van der Waals surface area (Å²) in [5, 5.41) is 85.1. The van der Waals surface area contributed by atoms with Gasteiger partial charge in [0.1, 0.15) is 48.7 Å². The van der Waals surface area contributed by atoms with Crippen LogP contribution in [0.15, 0.2) is 0 Å². The van der Waals surface area contributed by atoms with Crippen molar-refractivity contribution in [3.05, 3.63) is 0 Å². The molecular formula is C22H37N3O16. The molecule has 0 aromatic heterocycles. The van der Waals surface area contributed by atoms with Gasteiger partial charge in [-0.1, -0.05) is 0 Å². The maximum absolute atomic E-state index is 12.3. The summed E-state index contributed by atoms with van der Waals surface area (Å²) in [4.78, 5) is 46.6. The second-order valence-corrected chi connectivity index (χ2v) is 9.72. The van der Waals surface area contributed by atoms with Crippen LogP contribution in [0, 0.1) is 0 Å². The lowest BCUT2D eigenvalue weighted by molar-refractivity contribution is -0.330. The minimum absolute atomic E-state index is 0.655. The molecule has 2 fully saturated rings. The molecule has 12 N–H and O–H groups in total. The van der Waals surface area contributed by atoms with E-state index in [-0.39, 0.29) is 0 Å². The summed E-state index contributed by atoms with van der Waals surface area (Å²) in [5.41, 5.74) is 5.42. The van der Waals surface area contributed by atoms with Crippen LogP contribution >= 0.6 is 0 Å². The predicted molar refractivity (Wildman–Crippen MR) is 128 cm³/mol. The lowest BCUT2D eigenvalue weighted by Crippen LogP contribution is -2.69. The standard InChI is InChI=1S/C22H37N3O16/c1-7(27)24-13-10(29)3-22(21(36)37,41-18(13)15(31)11(30)4-26)39-6-12-16(32)17(33)14(25-8(2)28)20(40-12)38-5-9(23)19(34)35/h9-18,20,26,29-33H,3-6,23H2,1-2H3,(H,24,27)(H,25,28)(H,34,35)(H,36,37)/t9-,10?,11+,12?,13?,14?,15+,16?,17?,18?,20?,22?/m1/s1. The Balaban J connectivity index is 2.31.